The fourth-order valence-corrected chi connectivity index (χ4v) is 0.850. The van der Waals surface area contributed by atoms with E-state index in [-0.39, 0.29) is 0 Å². The minimum Gasteiger partial charge on any atom is -0.0702 e. The van der Waals surface area contributed by atoms with Crippen molar-refractivity contribution < 1.29 is 0 Å². The van der Waals surface area contributed by atoms with E-state index < -0.39 is 0 Å². The highest BCUT2D eigenvalue weighted by atomic mass is 14.0. The van der Waals surface area contributed by atoms with Gasteiger partial charge in [0.25, 0.3) is 0 Å². The van der Waals surface area contributed by atoms with Gasteiger partial charge < -0.3 is 0 Å². The number of allylic oxidation sites excluding steroid dienone is 1. The first-order valence-corrected chi connectivity index (χ1v) is 3.91. The van der Waals surface area contributed by atoms with Crippen LogP contribution in [0.3, 0.4) is 0 Å². The van der Waals surface area contributed by atoms with Crippen molar-refractivity contribution in [3.63, 3.8) is 0 Å². The molecule has 0 aliphatic heterocycles. The Bertz CT molecular complexity index is 72.1. The predicted octanol–water partition coefficient (Wildman–Crippen LogP) is 3.34. The fourth-order valence-electron chi connectivity index (χ4n) is 0.850. The molecule has 0 aromatic carbocycles. The standard InChI is InChI=1S/C9H17/c1-4-6-8-9(3)7-5-2/h3H,4-8H2,1-2H3. The van der Waals surface area contributed by atoms with E-state index in [4.69, 9.17) is 6.58 Å². The summed E-state index contributed by atoms with van der Waals surface area (Å²) in [4.78, 5) is 0. The van der Waals surface area contributed by atoms with E-state index in [0.717, 1.165) is 12.8 Å². The van der Waals surface area contributed by atoms with E-state index in [1.54, 1.807) is 0 Å². The van der Waals surface area contributed by atoms with E-state index >= 15 is 0 Å². The third-order valence-electron chi connectivity index (χ3n) is 1.42. The first-order valence-electron chi connectivity index (χ1n) is 3.91. The molecule has 0 N–H and O–H groups in total. The molecule has 0 heterocycles. The third-order valence-corrected chi connectivity index (χ3v) is 1.42. The smallest absolute Gasteiger partial charge is 0.0317 e. The second-order valence-electron chi connectivity index (χ2n) is 2.51. The van der Waals surface area contributed by atoms with E-state index in [0.29, 0.717) is 0 Å². The number of hydrogen-bond donors (Lipinski definition) is 0. The zero-order chi connectivity index (χ0) is 7.11. The Morgan fingerprint density at radius 1 is 1.11 bits per heavy atom. The molecule has 0 fully saturated rings. The fraction of sp³-hybridized carbons (Fsp3) is 0.778. The van der Waals surface area contributed by atoms with Crippen molar-refractivity contribution in [1.82, 2.24) is 0 Å². The molecule has 0 saturated heterocycles. The topological polar surface area (TPSA) is 0 Å². The summed E-state index contributed by atoms with van der Waals surface area (Å²) in [5.74, 6) is 0. The van der Waals surface area contributed by atoms with Crippen molar-refractivity contribution in [2.24, 2.45) is 0 Å². The maximum absolute atomic E-state index is 5.69. The van der Waals surface area contributed by atoms with Gasteiger partial charge in [0.1, 0.15) is 0 Å². The minimum absolute atomic E-state index is 1.11. The van der Waals surface area contributed by atoms with E-state index in [2.05, 4.69) is 13.8 Å². The van der Waals surface area contributed by atoms with Gasteiger partial charge in [0.2, 0.25) is 0 Å². The van der Waals surface area contributed by atoms with Gasteiger partial charge in [-0.05, 0) is 19.3 Å². The normalized spacial score (nSPS) is 9.56. The van der Waals surface area contributed by atoms with Crippen LogP contribution >= 0.6 is 0 Å². The van der Waals surface area contributed by atoms with Gasteiger partial charge in [-0.25, -0.2) is 0 Å². The van der Waals surface area contributed by atoms with Crippen LogP contribution in [0.15, 0.2) is 5.57 Å². The molecule has 9 heavy (non-hydrogen) atoms. The minimum atomic E-state index is 1.11. The van der Waals surface area contributed by atoms with Gasteiger partial charge in [-0.3, -0.25) is 0 Å². The van der Waals surface area contributed by atoms with Gasteiger partial charge in [0.05, 0.1) is 0 Å². The summed E-state index contributed by atoms with van der Waals surface area (Å²) < 4.78 is 0. The quantitative estimate of drug-likeness (QED) is 0.528. The Kier molecular flexibility index (Phi) is 5.70. The Morgan fingerprint density at radius 2 is 1.78 bits per heavy atom. The lowest BCUT2D eigenvalue weighted by atomic mass is 10.1. The Balaban J connectivity index is 3.06. The molecule has 0 aromatic rings. The first-order chi connectivity index (χ1) is 4.31. The molecule has 0 unspecified atom stereocenters. The van der Waals surface area contributed by atoms with Crippen molar-refractivity contribution in [2.45, 2.75) is 46.0 Å². The number of rotatable bonds is 5. The average molecular weight is 125 g/mol. The molecule has 0 atom stereocenters. The Morgan fingerprint density at radius 3 is 2.22 bits per heavy atom. The molecular weight excluding hydrogens is 108 g/mol. The molecule has 0 aromatic heterocycles. The van der Waals surface area contributed by atoms with Crippen LogP contribution in [0.1, 0.15) is 46.0 Å². The van der Waals surface area contributed by atoms with Crippen molar-refractivity contribution >= 4 is 0 Å². The maximum Gasteiger partial charge on any atom is -0.0317 e. The molecule has 0 spiro atoms. The lowest BCUT2D eigenvalue weighted by molar-refractivity contribution is 0.744. The van der Waals surface area contributed by atoms with Gasteiger partial charge in [-0.15, -0.1) is 0 Å². The highest BCUT2D eigenvalue weighted by Gasteiger charge is 1.90. The summed E-state index contributed by atoms with van der Waals surface area (Å²) in [7, 11) is 0. The van der Waals surface area contributed by atoms with Crippen LogP contribution < -0.4 is 0 Å². The van der Waals surface area contributed by atoms with E-state index in [1.807, 2.05) is 0 Å². The van der Waals surface area contributed by atoms with Crippen LogP contribution in [0.2, 0.25) is 0 Å². The van der Waals surface area contributed by atoms with Gasteiger partial charge in [0.15, 0.2) is 0 Å². The molecule has 0 nitrogen and oxygen atoms in total. The summed E-state index contributed by atoms with van der Waals surface area (Å²) in [5.41, 5.74) is 1.18. The van der Waals surface area contributed by atoms with E-state index in [1.165, 1.54) is 24.8 Å². The summed E-state index contributed by atoms with van der Waals surface area (Å²) in [6.07, 6.45) is 5.94. The zero-order valence-corrected chi connectivity index (χ0v) is 6.61. The molecule has 0 amide bonds. The average Bonchev–Trinajstić information content (AvgIpc) is 1.85. The Labute approximate surface area is 59.0 Å². The highest BCUT2D eigenvalue weighted by molar-refractivity contribution is 4.89. The van der Waals surface area contributed by atoms with Crippen molar-refractivity contribution in [2.75, 3.05) is 0 Å². The van der Waals surface area contributed by atoms with Crippen LogP contribution in [0.4, 0.5) is 0 Å². The second-order valence-corrected chi connectivity index (χ2v) is 2.51. The largest absolute Gasteiger partial charge is 0.0702 e. The van der Waals surface area contributed by atoms with Gasteiger partial charge in [-0.2, -0.15) is 0 Å². The van der Waals surface area contributed by atoms with Crippen LogP contribution in [-0.4, -0.2) is 0 Å². The molecule has 0 bridgehead atoms. The summed E-state index contributed by atoms with van der Waals surface area (Å²) in [6, 6.07) is 0. The predicted molar refractivity (Wildman–Crippen MR) is 42.2 cm³/mol. The SMILES string of the molecule is [CH]=C(CCC)CCCC. The van der Waals surface area contributed by atoms with Crippen LogP contribution in [0.5, 0.6) is 0 Å². The monoisotopic (exact) mass is 125 g/mol. The summed E-state index contributed by atoms with van der Waals surface area (Å²) in [6.45, 7) is 10.0. The van der Waals surface area contributed by atoms with Crippen molar-refractivity contribution in [3.05, 3.63) is 12.2 Å². The molecule has 0 aliphatic carbocycles. The second kappa shape index (κ2) is 5.87. The summed E-state index contributed by atoms with van der Waals surface area (Å²) in [5, 5.41) is 0. The summed E-state index contributed by atoms with van der Waals surface area (Å²) >= 11 is 0. The zero-order valence-electron chi connectivity index (χ0n) is 6.61. The first kappa shape index (κ1) is 8.74. The molecule has 0 aliphatic rings. The third kappa shape index (κ3) is 5.61. The molecule has 1 radical (unpaired) electrons. The maximum atomic E-state index is 5.69. The van der Waals surface area contributed by atoms with E-state index in [9.17, 15) is 0 Å². The van der Waals surface area contributed by atoms with Crippen molar-refractivity contribution in [3.8, 4) is 0 Å². The lowest BCUT2D eigenvalue weighted by Crippen LogP contribution is -1.80. The van der Waals surface area contributed by atoms with Crippen LogP contribution in [0.25, 0.3) is 0 Å². The number of hydrogen-bond acceptors (Lipinski definition) is 0. The lowest BCUT2D eigenvalue weighted by Gasteiger charge is -1.99. The highest BCUT2D eigenvalue weighted by Crippen LogP contribution is 2.09. The van der Waals surface area contributed by atoms with Crippen LogP contribution in [-0.2, 0) is 0 Å². The Hall–Kier alpha value is -0.260. The van der Waals surface area contributed by atoms with Gasteiger partial charge in [-0.1, -0.05) is 38.8 Å². The molecular formula is C9H17. The molecule has 0 rings (SSSR count). The number of unbranched alkanes of at least 4 members (excludes halogenated alkanes) is 1. The molecule has 53 valence electrons. The van der Waals surface area contributed by atoms with Crippen LogP contribution in [0, 0.1) is 6.58 Å². The molecule has 0 heteroatoms. The molecule has 0 saturated carbocycles. The van der Waals surface area contributed by atoms with Gasteiger partial charge >= 0.3 is 0 Å². The van der Waals surface area contributed by atoms with Crippen molar-refractivity contribution in [1.29, 1.82) is 0 Å². The van der Waals surface area contributed by atoms with Gasteiger partial charge in [0, 0.05) is 0 Å².